The first-order valence-corrected chi connectivity index (χ1v) is 16.0. The molecule has 1 N–H and O–H groups in total. The van der Waals surface area contributed by atoms with Crippen molar-refractivity contribution in [3.63, 3.8) is 0 Å². The highest BCUT2D eigenvalue weighted by atomic mass is 19.1. The molecule has 1 fully saturated rings. The van der Waals surface area contributed by atoms with E-state index in [1.54, 1.807) is 27.8 Å². The minimum Gasteiger partial charge on any atom is -0.338 e. The third-order valence-corrected chi connectivity index (χ3v) is 8.80. The number of amides is 2. The second-order valence-electron chi connectivity index (χ2n) is 12.0. The fourth-order valence-electron chi connectivity index (χ4n) is 6.21. The van der Waals surface area contributed by atoms with Gasteiger partial charge in [0.05, 0.1) is 0 Å². The number of aryl methyl sites for hydroxylation is 1. The van der Waals surface area contributed by atoms with Crippen LogP contribution in [0.25, 0.3) is 22.6 Å². The van der Waals surface area contributed by atoms with E-state index in [2.05, 4.69) is 15.0 Å². The summed E-state index contributed by atoms with van der Waals surface area (Å²) >= 11 is 0. The Kier molecular flexibility index (Phi) is 8.00. The topological polar surface area (TPSA) is 126 Å². The molecule has 0 bridgehead atoms. The zero-order valence-corrected chi connectivity index (χ0v) is 26.0. The predicted octanol–water partition coefficient (Wildman–Crippen LogP) is 4.57. The summed E-state index contributed by atoms with van der Waals surface area (Å²) in [6.07, 6.45) is 5.13. The van der Waals surface area contributed by atoms with E-state index in [4.69, 9.17) is 0 Å². The van der Waals surface area contributed by atoms with Crippen LogP contribution in [0, 0.1) is 5.82 Å². The third kappa shape index (κ3) is 5.75. The lowest BCUT2D eigenvalue weighted by Gasteiger charge is -2.29. The lowest BCUT2D eigenvalue weighted by molar-refractivity contribution is 0.0738. The SMILES string of the molecule is CCCn1c(=O)n(C2CC2)c(=O)c2[nH]c(-c3ccc(N(CCCN4CCc5ccccc5C4=O)C(=O)c4ccc(F)cc4)nc3)nc21. The molecule has 0 unspecified atom stereocenters. The molecule has 5 aromatic rings. The third-order valence-electron chi connectivity index (χ3n) is 8.80. The molecular formula is C35H34FN7O4. The van der Waals surface area contributed by atoms with E-state index >= 15 is 0 Å². The van der Waals surface area contributed by atoms with Crippen LogP contribution in [-0.4, -0.2) is 60.4 Å². The summed E-state index contributed by atoms with van der Waals surface area (Å²) in [6.45, 7) is 3.71. The summed E-state index contributed by atoms with van der Waals surface area (Å²) in [4.78, 5) is 68.9. The van der Waals surface area contributed by atoms with Crippen LogP contribution in [0.3, 0.4) is 0 Å². The number of aromatic amines is 1. The predicted molar refractivity (Wildman–Crippen MR) is 175 cm³/mol. The molecule has 240 valence electrons. The molecule has 0 atom stereocenters. The number of carbonyl (C=O) groups is 2. The monoisotopic (exact) mass is 635 g/mol. The molecule has 2 amide bonds. The van der Waals surface area contributed by atoms with E-state index in [9.17, 15) is 23.6 Å². The number of fused-ring (bicyclic) bond motifs is 2. The van der Waals surface area contributed by atoms with Gasteiger partial charge in [-0.25, -0.2) is 19.2 Å². The van der Waals surface area contributed by atoms with Crippen molar-refractivity contribution in [2.75, 3.05) is 24.5 Å². The molecule has 0 spiro atoms. The lowest BCUT2D eigenvalue weighted by Crippen LogP contribution is -2.40. The number of halogens is 1. The van der Waals surface area contributed by atoms with Gasteiger partial charge in [0.15, 0.2) is 5.65 Å². The van der Waals surface area contributed by atoms with Crippen LogP contribution in [0.1, 0.15) is 64.9 Å². The Labute approximate surface area is 269 Å². The Balaban J connectivity index is 1.16. The summed E-state index contributed by atoms with van der Waals surface area (Å²) < 4.78 is 16.5. The van der Waals surface area contributed by atoms with Gasteiger partial charge in [-0.2, -0.15) is 0 Å². The summed E-state index contributed by atoms with van der Waals surface area (Å²) in [5.74, 6) is -0.0698. The fourth-order valence-corrected chi connectivity index (χ4v) is 6.21. The maximum atomic E-state index is 13.7. The molecule has 1 aliphatic carbocycles. The average molecular weight is 636 g/mol. The number of hydrogen-bond acceptors (Lipinski definition) is 6. The van der Waals surface area contributed by atoms with Crippen LogP contribution >= 0.6 is 0 Å². The maximum absolute atomic E-state index is 13.7. The summed E-state index contributed by atoms with van der Waals surface area (Å²) in [7, 11) is 0. The lowest BCUT2D eigenvalue weighted by atomic mass is 9.99. The van der Waals surface area contributed by atoms with Crippen LogP contribution in [0.15, 0.2) is 76.4 Å². The van der Waals surface area contributed by atoms with Crippen molar-refractivity contribution in [2.24, 2.45) is 0 Å². The molecule has 47 heavy (non-hydrogen) atoms. The number of imidazole rings is 1. The van der Waals surface area contributed by atoms with Gasteiger partial charge in [-0.3, -0.25) is 28.4 Å². The van der Waals surface area contributed by atoms with Crippen molar-refractivity contribution in [1.82, 2.24) is 29.0 Å². The number of carbonyl (C=O) groups excluding carboxylic acids is 2. The van der Waals surface area contributed by atoms with Crippen molar-refractivity contribution < 1.29 is 14.0 Å². The van der Waals surface area contributed by atoms with Crippen LogP contribution in [0.4, 0.5) is 10.2 Å². The molecule has 2 aliphatic rings. The standard InChI is InChI=1S/C35H34FN7O4/c1-2-17-42-31-29(34(46)43(35(42)47)26-13-14-26)38-30(39-31)24-10-15-28(37-21-24)41(32(44)23-8-11-25(36)12-9-23)19-5-18-40-20-16-22-6-3-4-7-27(22)33(40)45/h3-4,6-12,15,21,26H,2,5,13-14,16-20H2,1H3,(H,38,39). The van der Waals surface area contributed by atoms with E-state index < -0.39 is 5.82 Å². The second kappa shape index (κ2) is 12.4. The molecule has 7 rings (SSSR count). The van der Waals surface area contributed by atoms with Gasteiger partial charge >= 0.3 is 5.69 Å². The molecule has 1 saturated carbocycles. The molecule has 11 nitrogen and oxygen atoms in total. The first kappa shape index (κ1) is 30.3. The van der Waals surface area contributed by atoms with Gasteiger partial charge in [0, 0.05) is 55.1 Å². The Hall–Kier alpha value is -5.39. The van der Waals surface area contributed by atoms with Gasteiger partial charge in [0.2, 0.25) is 0 Å². The highest BCUT2D eigenvalue weighted by Crippen LogP contribution is 2.32. The van der Waals surface area contributed by atoms with Crippen LogP contribution in [0.5, 0.6) is 0 Å². The number of nitrogens with zero attached hydrogens (tertiary/aromatic N) is 6. The Bertz CT molecular complexity index is 2100. The Morgan fingerprint density at radius 2 is 1.81 bits per heavy atom. The Morgan fingerprint density at radius 3 is 2.53 bits per heavy atom. The fraction of sp³-hybridized carbons (Fsp3) is 0.314. The van der Waals surface area contributed by atoms with E-state index in [0.29, 0.717) is 66.5 Å². The van der Waals surface area contributed by atoms with Gasteiger partial charge in [-0.05, 0) is 80.1 Å². The smallest absolute Gasteiger partial charge is 0.333 e. The molecule has 0 radical (unpaired) electrons. The summed E-state index contributed by atoms with van der Waals surface area (Å²) in [6, 6.07) is 16.3. The zero-order valence-electron chi connectivity index (χ0n) is 26.0. The molecule has 3 aromatic heterocycles. The molecule has 2 aromatic carbocycles. The van der Waals surface area contributed by atoms with Gasteiger partial charge in [0.1, 0.15) is 23.0 Å². The molecule has 1 aliphatic heterocycles. The summed E-state index contributed by atoms with van der Waals surface area (Å²) in [5.41, 5.74) is 2.48. The van der Waals surface area contributed by atoms with E-state index in [1.165, 1.54) is 33.7 Å². The molecular weight excluding hydrogens is 601 g/mol. The second-order valence-corrected chi connectivity index (χ2v) is 12.0. The van der Waals surface area contributed by atoms with E-state index in [0.717, 1.165) is 24.8 Å². The van der Waals surface area contributed by atoms with Gasteiger partial charge in [-0.15, -0.1) is 0 Å². The first-order chi connectivity index (χ1) is 22.8. The number of H-pyrrole nitrogens is 1. The van der Waals surface area contributed by atoms with E-state index in [-0.39, 0.29) is 41.2 Å². The van der Waals surface area contributed by atoms with Crippen molar-refractivity contribution in [3.05, 3.63) is 110 Å². The van der Waals surface area contributed by atoms with Gasteiger partial charge < -0.3 is 9.88 Å². The normalized spacial score (nSPS) is 14.4. The number of pyridine rings is 1. The average Bonchev–Trinajstić information content (AvgIpc) is 3.82. The zero-order chi connectivity index (χ0) is 32.7. The highest BCUT2D eigenvalue weighted by molar-refractivity contribution is 6.05. The van der Waals surface area contributed by atoms with Crippen molar-refractivity contribution in [2.45, 2.75) is 51.6 Å². The molecule has 4 heterocycles. The van der Waals surface area contributed by atoms with Crippen LogP contribution < -0.4 is 16.1 Å². The van der Waals surface area contributed by atoms with Crippen molar-refractivity contribution in [1.29, 1.82) is 0 Å². The quantitative estimate of drug-likeness (QED) is 0.240. The first-order valence-electron chi connectivity index (χ1n) is 16.0. The molecule has 0 saturated heterocycles. The van der Waals surface area contributed by atoms with Gasteiger partial charge in [0.25, 0.3) is 17.4 Å². The largest absolute Gasteiger partial charge is 0.338 e. The number of benzene rings is 2. The van der Waals surface area contributed by atoms with Crippen molar-refractivity contribution in [3.8, 4) is 11.4 Å². The minimum absolute atomic E-state index is 0.0233. The number of hydrogen-bond donors (Lipinski definition) is 1. The number of aromatic nitrogens is 5. The highest BCUT2D eigenvalue weighted by Gasteiger charge is 2.30. The Morgan fingerprint density at radius 1 is 1.02 bits per heavy atom. The summed E-state index contributed by atoms with van der Waals surface area (Å²) in [5, 5.41) is 0. The number of nitrogens with one attached hydrogen (secondary N) is 1. The van der Waals surface area contributed by atoms with Gasteiger partial charge in [-0.1, -0.05) is 25.1 Å². The molecule has 12 heteroatoms. The minimum atomic E-state index is -0.446. The maximum Gasteiger partial charge on any atom is 0.333 e. The number of anilines is 1. The van der Waals surface area contributed by atoms with Crippen LogP contribution in [0.2, 0.25) is 0 Å². The van der Waals surface area contributed by atoms with Crippen LogP contribution in [-0.2, 0) is 13.0 Å². The number of rotatable bonds is 10. The van der Waals surface area contributed by atoms with Crippen molar-refractivity contribution >= 4 is 28.8 Å². The van der Waals surface area contributed by atoms with E-state index in [1.807, 2.05) is 31.2 Å².